The van der Waals surface area contributed by atoms with E-state index in [0.717, 1.165) is 15.6 Å². The van der Waals surface area contributed by atoms with Gasteiger partial charge in [-0.3, -0.25) is 4.79 Å². The molecule has 0 unspecified atom stereocenters. The van der Waals surface area contributed by atoms with E-state index in [1.807, 2.05) is 25.1 Å². The normalized spacial score (nSPS) is 10.3. The van der Waals surface area contributed by atoms with Gasteiger partial charge in [0, 0.05) is 22.7 Å². The molecule has 0 bridgehead atoms. The first kappa shape index (κ1) is 12.8. The highest BCUT2D eigenvalue weighted by Gasteiger charge is 2.08. The summed E-state index contributed by atoms with van der Waals surface area (Å²) in [4.78, 5) is 16.0. The second kappa shape index (κ2) is 5.31. The van der Waals surface area contributed by atoms with Crippen LogP contribution in [0.25, 0.3) is 0 Å². The Bertz CT molecular complexity index is 596. The summed E-state index contributed by atoms with van der Waals surface area (Å²) in [5.74, 6) is 0.506. The van der Waals surface area contributed by atoms with Gasteiger partial charge in [0.25, 0.3) is 0 Å². The van der Waals surface area contributed by atoms with Gasteiger partial charge in [-0.15, -0.1) is 0 Å². The lowest BCUT2D eigenvalue weighted by Gasteiger charge is -2.04. The number of anilines is 1. The van der Waals surface area contributed by atoms with Crippen molar-refractivity contribution in [2.45, 2.75) is 13.3 Å². The number of hydrogen-bond donors (Lipinski definition) is 1. The van der Waals surface area contributed by atoms with E-state index in [4.69, 9.17) is 5.73 Å². The first-order valence-electron chi connectivity index (χ1n) is 5.56. The van der Waals surface area contributed by atoms with Gasteiger partial charge in [-0.25, -0.2) is 4.98 Å². The van der Waals surface area contributed by atoms with Crippen molar-refractivity contribution in [3.63, 3.8) is 0 Å². The topological polar surface area (TPSA) is 56.0 Å². The Kier molecular flexibility index (Phi) is 3.77. The fourth-order valence-electron chi connectivity index (χ4n) is 1.66. The van der Waals surface area contributed by atoms with Crippen LogP contribution in [0, 0.1) is 6.92 Å². The van der Waals surface area contributed by atoms with Crippen molar-refractivity contribution in [3.8, 4) is 0 Å². The molecule has 2 rings (SSSR count). The molecule has 0 radical (unpaired) electrons. The molecule has 4 heteroatoms. The van der Waals surface area contributed by atoms with Crippen LogP contribution >= 0.6 is 15.9 Å². The molecule has 92 valence electrons. The molecule has 0 aliphatic rings. The summed E-state index contributed by atoms with van der Waals surface area (Å²) in [6.45, 7) is 1.99. The molecule has 0 aliphatic heterocycles. The lowest BCUT2D eigenvalue weighted by molar-refractivity contribution is 0.0993. The molecule has 1 aromatic carbocycles. The monoisotopic (exact) mass is 304 g/mol. The van der Waals surface area contributed by atoms with Gasteiger partial charge in [0.15, 0.2) is 5.78 Å². The summed E-state index contributed by atoms with van der Waals surface area (Å²) in [6.07, 6.45) is 1.95. The highest BCUT2D eigenvalue weighted by atomic mass is 79.9. The van der Waals surface area contributed by atoms with Gasteiger partial charge in [0.05, 0.1) is 0 Å². The van der Waals surface area contributed by atoms with Crippen LogP contribution in [0.15, 0.2) is 41.0 Å². The fraction of sp³-hybridized carbons (Fsp3) is 0.143. The van der Waals surface area contributed by atoms with Crippen LogP contribution in [0.1, 0.15) is 21.5 Å². The Balaban J connectivity index is 2.19. The highest BCUT2D eigenvalue weighted by molar-refractivity contribution is 9.10. The van der Waals surface area contributed by atoms with Crippen LogP contribution in [0.5, 0.6) is 0 Å². The number of nitrogens with zero attached hydrogens (tertiary/aromatic N) is 1. The molecule has 0 spiro atoms. The summed E-state index contributed by atoms with van der Waals surface area (Å²) < 4.78 is 0.947. The molecule has 0 atom stereocenters. The molecule has 3 nitrogen and oxygen atoms in total. The average Bonchev–Trinajstić information content (AvgIpc) is 2.32. The van der Waals surface area contributed by atoms with Crippen LogP contribution in [-0.2, 0) is 6.42 Å². The van der Waals surface area contributed by atoms with Crippen molar-refractivity contribution in [2.75, 3.05) is 5.73 Å². The molecular weight excluding hydrogens is 292 g/mol. The Morgan fingerprint density at radius 3 is 2.78 bits per heavy atom. The number of Topliss-reactive ketones (excluding diaryl/α,β-unsaturated/α-hetero) is 1. The number of ketones is 1. The minimum Gasteiger partial charge on any atom is -0.384 e. The molecule has 1 heterocycles. The third-order valence-corrected chi connectivity index (χ3v) is 3.56. The molecule has 0 fully saturated rings. The SMILES string of the molecule is Cc1ccc(C(=O)Cc2ccnc(N)c2)cc1Br. The summed E-state index contributed by atoms with van der Waals surface area (Å²) in [6, 6.07) is 9.14. The number of carbonyl (C=O) groups excluding carboxylic acids is 1. The van der Waals surface area contributed by atoms with Crippen LogP contribution in [0.2, 0.25) is 0 Å². The maximum Gasteiger partial charge on any atom is 0.167 e. The molecule has 2 aromatic rings. The van der Waals surface area contributed by atoms with E-state index in [2.05, 4.69) is 20.9 Å². The van der Waals surface area contributed by atoms with Crippen molar-refractivity contribution in [1.82, 2.24) is 4.98 Å². The van der Waals surface area contributed by atoms with E-state index < -0.39 is 0 Å². The maximum atomic E-state index is 12.1. The van der Waals surface area contributed by atoms with E-state index in [0.29, 0.717) is 17.8 Å². The molecular formula is C14H13BrN2O. The summed E-state index contributed by atoms with van der Waals surface area (Å²) in [5, 5.41) is 0. The van der Waals surface area contributed by atoms with E-state index >= 15 is 0 Å². The van der Waals surface area contributed by atoms with Crippen LogP contribution < -0.4 is 5.73 Å². The summed E-state index contributed by atoms with van der Waals surface area (Å²) in [7, 11) is 0. The Labute approximate surface area is 114 Å². The van der Waals surface area contributed by atoms with E-state index in [1.54, 1.807) is 18.3 Å². The van der Waals surface area contributed by atoms with Crippen molar-refractivity contribution in [2.24, 2.45) is 0 Å². The lowest BCUT2D eigenvalue weighted by atomic mass is 10.0. The second-order valence-corrected chi connectivity index (χ2v) is 5.01. The molecule has 2 N–H and O–H groups in total. The molecule has 0 amide bonds. The number of pyridine rings is 1. The van der Waals surface area contributed by atoms with Crippen molar-refractivity contribution >= 4 is 27.5 Å². The highest BCUT2D eigenvalue weighted by Crippen LogP contribution is 2.19. The first-order valence-corrected chi connectivity index (χ1v) is 6.35. The number of aromatic nitrogens is 1. The Hall–Kier alpha value is -1.68. The number of halogens is 1. The third kappa shape index (κ3) is 2.96. The van der Waals surface area contributed by atoms with Crippen molar-refractivity contribution in [1.29, 1.82) is 0 Å². The summed E-state index contributed by atoms with van der Waals surface area (Å²) >= 11 is 3.43. The van der Waals surface area contributed by atoms with E-state index in [9.17, 15) is 4.79 Å². The van der Waals surface area contributed by atoms with Crippen molar-refractivity contribution in [3.05, 3.63) is 57.7 Å². The molecule has 1 aromatic heterocycles. The number of nitrogens with two attached hydrogens (primary N) is 1. The Morgan fingerprint density at radius 2 is 2.11 bits per heavy atom. The van der Waals surface area contributed by atoms with Crippen LogP contribution in [0.3, 0.4) is 0 Å². The van der Waals surface area contributed by atoms with Gasteiger partial charge in [-0.2, -0.15) is 0 Å². The number of nitrogen functional groups attached to an aromatic ring is 1. The number of hydrogen-bond acceptors (Lipinski definition) is 3. The fourth-order valence-corrected chi connectivity index (χ4v) is 2.04. The zero-order valence-corrected chi connectivity index (χ0v) is 11.6. The molecule has 0 saturated heterocycles. The number of aryl methyl sites for hydroxylation is 1. The zero-order chi connectivity index (χ0) is 13.1. The minimum absolute atomic E-state index is 0.0706. The largest absolute Gasteiger partial charge is 0.384 e. The van der Waals surface area contributed by atoms with Crippen molar-refractivity contribution < 1.29 is 4.79 Å². The lowest BCUT2D eigenvalue weighted by Crippen LogP contribution is -2.04. The standard InChI is InChI=1S/C14H13BrN2O/c1-9-2-3-11(8-12(9)15)13(18)6-10-4-5-17-14(16)7-10/h2-5,7-8H,6H2,1H3,(H2,16,17). The van der Waals surface area contributed by atoms with Gasteiger partial charge in [-0.05, 0) is 36.2 Å². The molecule has 0 aliphatic carbocycles. The zero-order valence-electron chi connectivity index (χ0n) is 9.98. The maximum absolute atomic E-state index is 12.1. The van der Waals surface area contributed by atoms with E-state index in [1.165, 1.54) is 0 Å². The van der Waals surface area contributed by atoms with Gasteiger partial charge < -0.3 is 5.73 Å². The van der Waals surface area contributed by atoms with E-state index in [-0.39, 0.29) is 5.78 Å². The van der Waals surface area contributed by atoms with Gasteiger partial charge in [0.2, 0.25) is 0 Å². The predicted octanol–water partition coefficient (Wildman–Crippen LogP) is 3.16. The quantitative estimate of drug-likeness (QED) is 0.886. The van der Waals surface area contributed by atoms with Gasteiger partial charge in [0.1, 0.15) is 5.82 Å². The first-order chi connectivity index (χ1) is 8.56. The van der Waals surface area contributed by atoms with Gasteiger partial charge >= 0.3 is 0 Å². The third-order valence-electron chi connectivity index (χ3n) is 2.70. The molecule has 0 saturated carbocycles. The molecule has 18 heavy (non-hydrogen) atoms. The smallest absolute Gasteiger partial charge is 0.167 e. The second-order valence-electron chi connectivity index (χ2n) is 4.15. The summed E-state index contributed by atoms with van der Waals surface area (Å²) in [5.41, 5.74) is 8.27. The predicted molar refractivity (Wildman–Crippen MR) is 75.6 cm³/mol. The average molecular weight is 305 g/mol. The Morgan fingerprint density at radius 1 is 1.33 bits per heavy atom. The minimum atomic E-state index is 0.0706. The number of benzene rings is 1. The van der Waals surface area contributed by atoms with Gasteiger partial charge in [-0.1, -0.05) is 28.1 Å². The number of rotatable bonds is 3. The number of carbonyl (C=O) groups is 1. The van der Waals surface area contributed by atoms with Crippen LogP contribution in [0.4, 0.5) is 5.82 Å². The van der Waals surface area contributed by atoms with Crippen LogP contribution in [-0.4, -0.2) is 10.8 Å².